The fraction of sp³-hybridized carbons (Fsp3) is 0. The molecule has 106 valence electrons. The molecule has 0 unspecified atom stereocenters. The van der Waals surface area contributed by atoms with E-state index in [1.807, 2.05) is 0 Å². The van der Waals surface area contributed by atoms with Gasteiger partial charge in [-0.05, 0) is 24.3 Å². The Morgan fingerprint density at radius 3 is 2.14 bits per heavy atom. The van der Waals surface area contributed by atoms with Gasteiger partial charge in [-0.2, -0.15) is 8.42 Å². The maximum absolute atomic E-state index is 11.2. The van der Waals surface area contributed by atoms with Gasteiger partial charge >= 0.3 is 51.4 Å². The number of benzene rings is 2. The van der Waals surface area contributed by atoms with Crippen molar-refractivity contribution in [2.24, 2.45) is 0 Å². The Morgan fingerprint density at radius 2 is 1.62 bits per heavy atom. The minimum atomic E-state index is -4.41. The maximum atomic E-state index is 11.2. The summed E-state index contributed by atoms with van der Waals surface area (Å²) in [5, 5.41) is 10.5. The number of hydrogen-bond donors (Lipinski definition) is 1. The van der Waals surface area contributed by atoms with Gasteiger partial charge in [0.1, 0.15) is 16.4 Å². The van der Waals surface area contributed by atoms with Crippen LogP contribution in [0.25, 0.3) is 0 Å². The fourth-order valence-electron chi connectivity index (χ4n) is 1.51. The Balaban J connectivity index is 0.00000220. The molecule has 0 fully saturated rings. The van der Waals surface area contributed by atoms with Crippen LogP contribution < -0.4 is 4.74 Å². The van der Waals surface area contributed by atoms with E-state index in [2.05, 4.69) is 0 Å². The van der Waals surface area contributed by atoms with Crippen LogP contribution >= 0.6 is 0 Å². The van der Waals surface area contributed by atoms with Crippen molar-refractivity contribution in [1.29, 1.82) is 0 Å². The van der Waals surface area contributed by atoms with Crippen molar-refractivity contribution in [3.63, 3.8) is 0 Å². The first-order chi connectivity index (χ1) is 9.38. The molecule has 2 aromatic rings. The number of nitrogens with zero attached hydrogens (tertiary/aromatic N) is 1. The van der Waals surface area contributed by atoms with Crippen LogP contribution in [-0.4, -0.2) is 69.3 Å². The molecule has 0 atom stereocenters. The summed E-state index contributed by atoms with van der Waals surface area (Å²) in [7, 11) is -4.41. The molecule has 0 saturated heterocycles. The summed E-state index contributed by atoms with van der Waals surface area (Å²) in [5.41, 5.74) is -0.111. The van der Waals surface area contributed by atoms with Crippen molar-refractivity contribution in [3.8, 4) is 11.5 Å². The Kier molecular flexibility index (Phi) is 6.47. The second kappa shape index (κ2) is 7.45. The summed E-state index contributed by atoms with van der Waals surface area (Å²) in [6.45, 7) is 0. The number of para-hydroxylation sites is 1. The average molecular weight is 335 g/mol. The fourth-order valence-corrected chi connectivity index (χ4v) is 2.12. The van der Waals surface area contributed by atoms with Crippen molar-refractivity contribution in [2.45, 2.75) is 4.90 Å². The van der Waals surface area contributed by atoms with E-state index >= 15 is 0 Å². The van der Waals surface area contributed by atoms with Gasteiger partial charge in [0, 0.05) is 12.1 Å². The summed E-state index contributed by atoms with van der Waals surface area (Å²) in [4.78, 5) is 9.57. The first kappa shape index (κ1) is 18.2. The van der Waals surface area contributed by atoms with E-state index < -0.39 is 15.0 Å². The number of non-ortho nitro benzene ring substituents is 1. The molecule has 0 heterocycles. The molecule has 0 aliphatic heterocycles. The summed E-state index contributed by atoms with van der Waals surface area (Å²) >= 11 is 0. The van der Waals surface area contributed by atoms with E-state index in [-0.39, 0.29) is 73.5 Å². The number of nitro groups is 1. The summed E-state index contributed by atoms with van der Waals surface area (Å²) in [5.74, 6) is 0.149. The number of rotatable bonds is 4. The van der Waals surface area contributed by atoms with Gasteiger partial charge in [0.2, 0.25) is 0 Å². The van der Waals surface area contributed by atoms with Crippen molar-refractivity contribution in [1.82, 2.24) is 0 Å². The average Bonchev–Trinajstić information content (AvgIpc) is 2.38. The van der Waals surface area contributed by atoms with E-state index in [0.717, 1.165) is 0 Å². The van der Waals surface area contributed by atoms with Crippen molar-refractivity contribution in [3.05, 3.63) is 58.6 Å². The van der Waals surface area contributed by atoms with Gasteiger partial charge in [0.25, 0.3) is 15.8 Å². The third-order valence-electron chi connectivity index (χ3n) is 2.40. The van der Waals surface area contributed by atoms with Crippen molar-refractivity contribution < 1.29 is 22.6 Å². The molecule has 0 aliphatic carbocycles. The second-order valence-electron chi connectivity index (χ2n) is 3.77. The van der Waals surface area contributed by atoms with E-state index in [9.17, 15) is 18.5 Å². The standard InChI is InChI=1S/C12H9NO6S.K.H/c14-13(15)9-5-7-10(8-6-9)19-11-3-1-2-4-12(11)20(16,17)18;;/h1-8H,(H,16,17,18);;. The van der Waals surface area contributed by atoms with E-state index in [1.54, 1.807) is 0 Å². The van der Waals surface area contributed by atoms with Crippen LogP contribution in [-0.2, 0) is 10.1 Å². The third kappa shape index (κ3) is 4.85. The van der Waals surface area contributed by atoms with Gasteiger partial charge in [-0.3, -0.25) is 14.7 Å². The third-order valence-corrected chi connectivity index (χ3v) is 3.30. The van der Waals surface area contributed by atoms with Crippen LogP contribution in [0.4, 0.5) is 5.69 Å². The molecule has 0 aliphatic rings. The van der Waals surface area contributed by atoms with Gasteiger partial charge in [-0.25, -0.2) is 0 Å². The minimum absolute atomic E-state index is 0. The van der Waals surface area contributed by atoms with Gasteiger partial charge in [0.15, 0.2) is 0 Å². The molecule has 2 aromatic carbocycles. The Bertz CT molecular complexity index is 745. The van der Waals surface area contributed by atoms with E-state index in [4.69, 9.17) is 9.29 Å². The first-order valence-electron chi connectivity index (χ1n) is 5.37. The molecule has 21 heavy (non-hydrogen) atoms. The van der Waals surface area contributed by atoms with Crippen LogP contribution in [0.15, 0.2) is 53.4 Å². The van der Waals surface area contributed by atoms with Crippen LogP contribution in [0.3, 0.4) is 0 Å². The molecule has 0 bridgehead atoms. The molecule has 0 radical (unpaired) electrons. The first-order valence-corrected chi connectivity index (χ1v) is 6.81. The van der Waals surface area contributed by atoms with Crippen LogP contribution in [0.5, 0.6) is 11.5 Å². The molecule has 0 spiro atoms. The van der Waals surface area contributed by atoms with E-state index in [1.165, 1.54) is 48.5 Å². The second-order valence-corrected chi connectivity index (χ2v) is 5.16. The molecule has 0 amide bonds. The molecular weight excluding hydrogens is 325 g/mol. The van der Waals surface area contributed by atoms with Gasteiger partial charge in [-0.1, -0.05) is 12.1 Å². The Morgan fingerprint density at radius 1 is 1.05 bits per heavy atom. The van der Waals surface area contributed by atoms with Gasteiger partial charge in [-0.15, -0.1) is 0 Å². The summed E-state index contributed by atoms with van der Waals surface area (Å²) < 4.78 is 36.7. The van der Waals surface area contributed by atoms with Crippen LogP contribution in [0, 0.1) is 10.1 Å². The topological polar surface area (TPSA) is 107 Å². The summed E-state index contributed by atoms with van der Waals surface area (Å²) in [6.07, 6.45) is 0. The van der Waals surface area contributed by atoms with Gasteiger partial charge in [0.05, 0.1) is 4.92 Å². The zero-order chi connectivity index (χ0) is 14.8. The number of nitro benzene ring substituents is 1. The quantitative estimate of drug-likeness (QED) is 0.396. The predicted octanol–water partition coefficient (Wildman–Crippen LogP) is 1.99. The van der Waals surface area contributed by atoms with Crippen LogP contribution in [0.1, 0.15) is 0 Å². The SMILES string of the molecule is O=[N+]([O-])c1ccc(Oc2ccccc2S(=O)(=O)O)cc1.[KH]. The predicted molar refractivity (Wildman–Crippen MR) is 76.6 cm³/mol. The zero-order valence-corrected chi connectivity index (χ0v) is 10.8. The molecule has 1 N–H and O–H groups in total. The molecule has 2 rings (SSSR count). The van der Waals surface area contributed by atoms with Crippen LogP contribution in [0.2, 0.25) is 0 Å². The molecule has 9 heteroatoms. The molecule has 0 saturated carbocycles. The van der Waals surface area contributed by atoms with Crippen molar-refractivity contribution in [2.75, 3.05) is 0 Å². The Hall–Kier alpha value is -0.814. The monoisotopic (exact) mass is 335 g/mol. The van der Waals surface area contributed by atoms with E-state index in [0.29, 0.717) is 0 Å². The number of hydrogen-bond acceptors (Lipinski definition) is 5. The molecule has 0 aromatic heterocycles. The van der Waals surface area contributed by atoms with Crippen molar-refractivity contribution >= 4 is 67.2 Å². The summed E-state index contributed by atoms with van der Waals surface area (Å²) in [6, 6.07) is 10.6. The van der Waals surface area contributed by atoms with Gasteiger partial charge < -0.3 is 4.74 Å². The normalized spacial score (nSPS) is 10.5. The zero-order valence-electron chi connectivity index (χ0n) is 9.96. The molecule has 7 nitrogen and oxygen atoms in total. The Labute approximate surface area is 163 Å². The number of ether oxygens (including phenoxy) is 1. The molecular formula is C12H10KNO6S.